The van der Waals surface area contributed by atoms with Crippen LogP contribution in [-0.4, -0.2) is 18.6 Å². The van der Waals surface area contributed by atoms with E-state index in [0.29, 0.717) is 12.1 Å². The Balaban J connectivity index is 2.36. The van der Waals surface area contributed by atoms with Gasteiger partial charge >= 0.3 is 0 Å². The van der Waals surface area contributed by atoms with E-state index < -0.39 is 0 Å². The highest BCUT2D eigenvalue weighted by atomic mass is 35.5. The topological polar surface area (TPSA) is 15.3 Å². The molecule has 2 atom stereocenters. The molecule has 2 nitrogen and oxygen atoms in total. The summed E-state index contributed by atoms with van der Waals surface area (Å²) in [4.78, 5) is 2.55. The summed E-state index contributed by atoms with van der Waals surface area (Å²) in [5.41, 5.74) is 2.57. The van der Waals surface area contributed by atoms with Gasteiger partial charge in [0, 0.05) is 18.6 Å². The summed E-state index contributed by atoms with van der Waals surface area (Å²) in [5, 5.41) is 4.31. The van der Waals surface area contributed by atoms with Gasteiger partial charge in [-0.3, -0.25) is 0 Å². The van der Waals surface area contributed by atoms with Gasteiger partial charge in [0.15, 0.2) is 0 Å². The second kappa shape index (κ2) is 6.62. The number of para-hydroxylation sites is 1. The highest BCUT2D eigenvalue weighted by Gasteiger charge is 2.31. The van der Waals surface area contributed by atoms with Gasteiger partial charge in [-0.15, -0.1) is 0 Å². The van der Waals surface area contributed by atoms with Crippen molar-refractivity contribution in [3.63, 3.8) is 0 Å². The number of hydrogen-bond acceptors (Lipinski definition) is 2. The van der Waals surface area contributed by atoms with Crippen LogP contribution in [0.4, 0.5) is 5.69 Å². The number of hydrogen-bond donors (Lipinski definition) is 1. The minimum atomic E-state index is 0.588. The molecular formula is C16H25ClN2. The third-order valence-electron chi connectivity index (χ3n) is 4.15. The van der Waals surface area contributed by atoms with Crippen LogP contribution in [0.3, 0.4) is 0 Å². The van der Waals surface area contributed by atoms with Crippen LogP contribution < -0.4 is 10.2 Å². The van der Waals surface area contributed by atoms with Crippen molar-refractivity contribution >= 4 is 17.3 Å². The zero-order valence-electron chi connectivity index (χ0n) is 12.2. The lowest BCUT2D eigenvalue weighted by atomic mass is 10.1. The Bertz CT molecular complexity index is 419. The van der Waals surface area contributed by atoms with Gasteiger partial charge in [0.1, 0.15) is 0 Å². The van der Waals surface area contributed by atoms with Crippen LogP contribution in [0.15, 0.2) is 18.2 Å². The lowest BCUT2D eigenvalue weighted by Gasteiger charge is -2.33. The molecule has 1 heterocycles. The fraction of sp³-hybridized carbons (Fsp3) is 0.625. The SMILES string of the molecule is CCNCc1cccc(Cl)c1N1C(C)CCC1CC. The largest absolute Gasteiger partial charge is 0.364 e. The first-order valence-electron chi connectivity index (χ1n) is 7.45. The summed E-state index contributed by atoms with van der Waals surface area (Å²) >= 11 is 6.51. The molecule has 3 heteroatoms. The van der Waals surface area contributed by atoms with Gasteiger partial charge in [0.05, 0.1) is 10.7 Å². The van der Waals surface area contributed by atoms with Gasteiger partial charge in [-0.2, -0.15) is 0 Å². The van der Waals surface area contributed by atoms with E-state index in [-0.39, 0.29) is 0 Å². The zero-order valence-corrected chi connectivity index (χ0v) is 13.0. The molecular weight excluding hydrogens is 256 g/mol. The Labute approximate surface area is 122 Å². The summed E-state index contributed by atoms with van der Waals surface area (Å²) in [6.07, 6.45) is 3.74. The molecule has 2 rings (SSSR count). The van der Waals surface area contributed by atoms with E-state index in [1.807, 2.05) is 6.07 Å². The molecule has 1 aliphatic heterocycles. The smallest absolute Gasteiger partial charge is 0.0643 e. The zero-order chi connectivity index (χ0) is 13.8. The molecule has 1 fully saturated rings. The van der Waals surface area contributed by atoms with Gasteiger partial charge in [-0.1, -0.05) is 37.6 Å². The molecule has 0 bridgehead atoms. The van der Waals surface area contributed by atoms with Crippen molar-refractivity contribution in [2.24, 2.45) is 0 Å². The highest BCUT2D eigenvalue weighted by molar-refractivity contribution is 6.33. The summed E-state index contributed by atoms with van der Waals surface area (Å²) < 4.78 is 0. The monoisotopic (exact) mass is 280 g/mol. The first-order valence-corrected chi connectivity index (χ1v) is 7.83. The van der Waals surface area contributed by atoms with E-state index in [0.717, 1.165) is 18.1 Å². The van der Waals surface area contributed by atoms with Gasteiger partial charge in [-0.25, -0.2) is 0 Å². The maximum absolute atomic E-state index is 6.51. The van der Waals surface area contributed by atoms with E-state index in [9.17, 15) is 0 Å². The standard InChI is InChI=1S/C16H25ClN2/c1-4-14-10-9-12(3)19(14)16-13(11-18-5-2)7-6-8-15(16)17/h6-8,12,14,18H,4-5,9-11H2,1-3H3. The predicted octanol–water partition coefficient (Wildman–Crippen LogP) is 4.22. The van der Waals surface area contributed by atoms with Crippen molar-refractivity contribution < 1.29 is 0 Å². The number of halogens is 1. The second-order valence-electron chi connectivity index (χ2n) is 5.42. The molecule has 1 aliphatic rings. The van der Waals surface area contributed by atoms with Crippen LogP contribution >= 0.6 is 11.6 Å². The number of nitrogens with one attached hydrogen (secondary N) is 1. The molecule has 0 saturated carbocycles. The molecule has 19 heavy (non-hydrogen) atoms. The minimum absolute atomic E-state index is 0.588. The van der Waals surface area contributed by atoms with Crippen molar-refractivity contribution in [3.8, 4) is 0 Å². The summed E-state index contributed by atoms with van der Waals surface area (Å²) in [6, 6.07) is 7.49. The number of anilines is 1. The van der Waals surface area contributed by atoms with Crippen molar-refractivity contribution in [1.82, 2.24) is 5.32 Å². The minimum Gasteiger partial charge on any atom is -0.364 e. The number of rotatable bonds is 5. The Kier molecular flexibility index (Phi) is 5.12. The van der Waals surface area contributed by atoms with Gasteiger partial charge in [-0.05, 0) is 44.4 Å². The summed E-state index contributed by atoms with van der Waals surface area (Å²) in [7, 11) is 0. The lowest BCUT2D eigenvalue weighted by molar-refractivity contribution is 0.622. The van der Waals surface area contributed by atoms with Gasteiger partial charge in [0.25, 0.3) is 0 Å². The van der Waals surface area contributed by atoms with Crippen LogP contribution in [0, 0.1) is 0 Å². The van der Waals surface area contributed by atoms with Crippen LogP contribution in [-0.2, 0) is 6.54 Å². The molecule has 1 aromatic rings. The Morgan fingerprint density at radius 2 is 2.11 bits per heavy atom. The van der Waals surface area contributed by atoms with Crippen molar-refractivity contribution in [2.75, 3.05) is 11.4 Å². The molecule has 1 saturated heterocycles. The van der Waals surface area contributed by atoms with Crippen LogP contribution in [0.1, 0.15) is 45.6 Å². The fourth-order valence-corrected chi connectivity index (χ4v) is 3.42. The fourth-order valence-electron chi connectivity index (χ4n) is 3.13. The van der Waals surface area contributed by atoms with E-state index >= 15 is 0 Å². The van der Waals surface area contributed by atoms with Crippen LogP contribution in [0.2, 0.25) is 5.02 Å². The molecule has 0 spiro atoms. The lowest BCUT2D eigenvalue weighted by Crippen LogP contribution is -2.35. The first-order chi connectivity index (χ1) is 9.19. The van der Waals surface area contributed by atoms with Crippen molar-refractivity contribution in [3.05, 3.63) is 28.8 Å². The molecule has 0 radical (unpaired) electrons. The van der Waals surface area contributed by atoms with Crippen molar-refractivity contribution in [1.29, 1.82) is 0 Å². The highest BCUT2D eigenvalue weighted by Crippen LogP contribution is 2.38. The van der Waals surface area contributed by atoms with Crippen molar-refractivity contribution in [2.45, 2.75) is 58.7 Å². The van der Waals surface area contributed by atoms with Gasteiger partial charge in [0.2, 0.25) is 0 Å². The number of benzene rings is 1. The first kappa shape index (κ1) is 14.7. The normalized spacial score (nSPS) is 23.1. The van der Waals surface area contributed by atoms with Gasteiger partial charge < -0.3 is 10.2 Å². The predicted molar refractivity (Wildman–Crippen MR) is 84.1 cm³/mol. The Hall–Kier alpha value is -0.730. The summed E-state index contributed by atoms with van der Waals surface area (Å²) in [5.74, 6) is 0. The molecule has 106 valence electrons. The van der Waals surface area contributed by atoms with E-state index in [1.165, 1.54) is 30.5 Å². The average molecular weight is 281 g/mol. The molecule has 1 aromatic carbocycles. The van der Waals surface area contributed by atoms with E-state index in [4.69, 9.17) is 11.6 Å². The Morgan fingerprint density at radius 1 is 1.32 bits per heavy atom. The molecule has 0 aromatic heterocycles. The molecule has 1 N–H and O–H groups in total. The van der Waals surface area contributed by atoms with Crippen LogP contribution in [0.25, 0.3) is 0 Å². The van der Waals surface area contributed by atoms with E-state index in [2.05, 4.69) is 43.1 Å². The molecule has 0 amide bonds. The maximum atomic E-state index is 6.51. The van der Waals surface area contributed by atoms with Crippen LogP contribution in [0.5, 0.6) is 0 Å². The number of nitrogens with zero attached hydrogens (tertiary/aromatic N) is 1. The maximum Gasteiger partial charge on any atom is 0.0643 e. The molecule has 0 aliphatic carbocycles. The quantitative estimate of drug-likeness (QED) is 0.869. The van der Waals surface area contributed by atoms with E-state index in [1.54, 1.807) is 0 Å². The second-order valence-corrected chi connectivity index (χ2v) is 5.83. The third kappa shape index (κ3) is 3.06. The molecule has 2 unspecified atom stereocenters. The Morgan fingerprint density at radius 3 is 2.79 bits per heavy atom. The third-order valence-corrected chi connectivity index (χ3v) is 4.46. The summed E-state index contributed by atoms with van der Waals surface area (Å²) in [6.45, 7) is 8.61. The average Bonchev–Trinajstić information content (AvgIpc) is 2.77.